The molecule has 0 spiro atoms. The molecule has 1 aromatic heterocycles. The number of carbonyl (C=O) groups excluding carboxylic acids is 1. The number of rotatable bonds is 5. The Morgan fingerprint density at radius 3 is 2.71 bits per heavy atom. The number of carbonyl (C=O) groups is 1. The Hall–Kier alpha value is -1.35. The van der Waals surface area contributed by atoms with Crippen molar-refractivity contribution in [3.05, 3.63) is 28.1 Å². The van der Waals surface area contributed by atoms with Gasteiger partial charge in [0.2, 0.25) is 10.0 Å². The van der Waals surface area contributed by atoms with Crippen LogP contribution in [0.5, 0.6) is 0 Å². The summed E-state index contributed by atoms with van der Waals surface area (Å²) >= 11 is 7.32. The highest BCUT2D eigenvalue weighted by molar-refractivity contribution is 7.89. The number of fused-ring (bicyclic) bond motifs is 1. The molecule has 5 N–H and O–H groups in total. The van der Waals surface area contributed by atoms with Crippen molar-refractivity contribution >= 4 is 54.6 Å². The standard InChI is InChI=1S/C12H14ClN3O3S2/c13-7-3-1-4-8-9(7)10(14)11(20-8)12(17)16-5-2-6-21(15,18)19/h1,3-4H,2,5-6,14H2,(H,16,17)(H2,15,18,19). The minimum atomic E-state index is -3.51. The monoisotopic (exact) mass is 347 g/mol. The van der Waals surface area contributed by atoms with Crippen LogP contribution in [0, 0.1) is 0 Å². The lowest BCUT2D eigenvalue weighted by Crippen LogP contribution is -2.27. The SMILES string of the molecule is Nc1c(C(=O)NCCCS(N)(=O)=O)sc2cccc(Cl)c12. The Morgan fingerprint density at radius 2 is 2.10 bits per heavy atom. The van der Waals surface area contributed by atoms with Crippen LogP contribution in [0.3, 0.4) is 0 Å². The molecule has 0 aliphatic carbocycles. The summed E-state index contributed by atoms with van der Waals surface area (Å²) in [5.74, 6) is -0.528. The Bertz CT molecular complexity index is 786. The van der Waals surface area contributed by atoms with Crippen molar-refractivity contribution < 1.29 is 13.2 Å². The fourth-order valence-corrected chi connectivity index (χ4v) is 3.80. The number of nitrogens with one attached hydrogen (secondary N) is 1. The molecule has 0 aliphatic rings. The number of hydrogen-bond donors (Lipinski definition) is 3. The van der Waals surface area contributed by atoms with Gasteiger partial charge in [0.15, 0.2) is 0 Å². The average Bonchev–Trinajstić information content (AvgIpc) is 2.72. The van der Waals surface area contributed by atoms with Gasteiger partial charge in [-0.15, -0.1) is 11.3 Å². The van der Waals surface area contributed by atoms with Gasteiger partial charge in [-0.3, -0.25) is 4.79 Å². The van der Waals surface area contributed by atoms with Crippen LogP contribution in [-0.4, -0.2) is 26.6 Å². The molecular weight excluding hydrogens is 334 g/mol. The van der Waals surface area contributed by atoms with Crippen LogP contribution in [0.2, 0.25) is 5.02 Å². The number of nitrogen functional groups attached to an aromatic ring is 1. The number of primary sulfonamides is 1. The lowest BCUT2D eigenvalue weighted by atomic mass is 10.2. The summed E-state index contributed by atoms with van der Waals surface area (Å²) in [4.78, 5) is 12.4. The van der Waals surface area contributed by atoms with Crippen LogP contribution in [0.4, 0.5) is 5.69 Å². The van der Waals surface area contributed by atoms with Gasteiger partial charge in [0, 0.05) is 16.6 Å². The molecule has 2 aromatic rings. The van der Waals surface area contributed by atoms with Crippen molar-refractivity contribution in [1.29, 1.82) is 0 Å². The number of halogens is 1. The fraction of sp³-hybridized carbons (Fsp3) is 0.250. The molecule has 1 heterocycles. The number of nitrogens with two attached hydrogens (primary N) is 2. The van der Waals surface area contributed by atoms with Gasteiger partial charge >= 0.3 is 0 Å². The highest BCUT2D eigenvalue weighted by Crippen LogP contribution is 2.37. The molecule has 1 amide bonds. The molecule has 9 heteroatoms. The number of thiophene rings is 1. The number of benzene rings is 1. The highest BCUT2D eigenvalue weighted by Gasteiger charge is 2.17. The molecule has 6 nitrogen and oxygen atoms in total. The Labute approximate surface area is 131 Å². The summed E-state index contributed by atoms with van der Waals surface area (Å²) in [7, 11) is -3.51. The smallest absolute Gasteiger partial charge is 0.263 e. The number of sulfonamides is 1. The number of anilines is 1. The third-order valence-corrected chi connectivity index (χ3v) is 5.14. The summed E-state index contributed by atoms with van der Waals surface area (Å²) in [5, 5.41) is 8.66. The lowest BCUT2D eigenvalue weighted by Gasteiger charge is -2.03. The largest absolute Gasteiger partial charge is 0.397 e. The first kappa shape index (κ1) is 16.0. The summed E-state index contributed by atoms with van der Waals surface area (Å²) in [6, 6.07) is 5.33. The van der Waals surface area contributed by atoms with Crippen LogP contribution in [-0.2, 0) is 10.0 Å². The molecule has 0 atom stereocenters. The molecule has 114 valence electrons. The molecule has 2 rings (SSSR count). The molecule has 21 heavy (non-hydrogen) atoms. The first-order valence-electron chi connectivity index (χ1n) is 6.05. The van der Waals surface area contributed by atoms with Crippen LogP contribution >= 0.6 is 22.9 Å². The average molecular weight is 348 g/mol. The maximum absolute atomic E-state index is 12.1. The van der Waals surface area contributed by atoms with E-state index >= 15 is 0 Å². The quantitative estimate of drug-likeness (QED) is 0.711. The minimum absolute atomic E-state index is 0.180. The van der Waals surface area contributed by atoms with E-state index in [1.54, 1.807) is 12.1 Å². The zero-order valence-electron chi connectivity index (χ0n) is 10.9. The van der Waals surface area contributed by atoms with E-state index in [-0.39, 0.29) is 24.6 Å². The van der Waals surface area contributed by atoms with Crippen LogP contribution in [0.1, 0.15) is 16.1 Å². The van der Waals surface area contributed by atoms with E-state index in [9.17, 15) is 13.2 Å². The van der Waals surface area contributed by atoms with Gasteiger partial charge in [0.25, 0.3) is 5.91 Å². The Morgan fingerprint density at radius 1 is 1.38 bits per heavy atom. The fourth-order valence-electron chi connectivity index (χ4n) is 1.85. The number of hydrogen-bond acceptors (Lipinski definition) is 5. The van der Waals surface area contributed by atoms with Crippen molar-refractivity contribution in [2.45, 2.75) is 6.42 Å². The van der Waals surface area contributed by atoms with Gasteiger partial charge in [-0.2, -0.15) is 0 Å². The summed E-state index contributed by atoms with van der Waals surface area (Å²) in [6.07, 6.45) is 0.246. The normalized spacial score (nSPS) is 11.7. The second-order valence-corrected chi connectivity index (χ2v) is 7.63. The van der Waals surface area contributed by atoms with E-state index in [2.05, 4.69) is 5.32 Å². The van der Waals surface area contributed by atoms with E-state index in [1.807, 2.05) is 6.07 Å². The highest BCUT2D eigenvalue weighted by atomic mass is 35.5. The van der Waals surface area contributed by atoms with E-state index in [0.29, 0.717) is 21.0 Å². The second kappa shape index (κ2) is 6.18. The maximum Gasteiger partial charge on any atom is 0.263 e. The topological polar surface area (TPSA) is 115 Å². The van der Waals surface area contributed by atoms with Gasteiger partial charge < -0.3 is 11.1 Å². The van der Waals surface area contributed by atoms with Crippen LogP contribution < -0.4 is 16.2 Å². The van der Waals surface area contributed by atoms with Gasteiger partial charge in [0.05, 0.1) is 16.5 Å². The van der Waals surface area contributed by atoms with E-state index in [4.69, 9.17) is 22.5 Å². The third-order valence-electron chi connectivity index (χ3n) is 2.80. The van der Waals surface area contributed by atoms with Gasteiger partial charge in [-0.05, 0) is 18.6 Å². The molecule has 0 fully saturated rings. The van der Waals surface area contributed by atoms with Crippen molar-refractivity contribution in [2.75, 3.05) is 18.0 Å². The van der Waals surface area contributed by atoms with E-state index in [1.165, 1.54) is 11.3 Å². The van der Waals surface area contributed by atoms with Crippen molar-refractivity contribution in [1.82, 2.24) is 5.32 Å². The predicted octanol–water partition coefficient (Wildman–Crippen LogP) is 1.55. The van der Waals surface area contributed by atoms with Gasteiger partial charge in [-0.1, -0.05) is 17.7 Å². The molecule has 1 aromatic carbocycles. The Kier molecular flexibility index (Phi) is 4.72. The second-order valence-electron chi connectivity index (χ2n) is 4.43. The third kappa shape index (κ3) is 3.85. The van der Waals surface area contributed by atoms with Crippen LogP contribution in [0.25, 0.3) is 10.1 Å². The lowest BCUT2D eigenvalue weighted by molar-refractivity contribution is 0.0958. The molecule has 0 aliphatic heterocycles. The maximum atomic E-state index is 12.1. The van der Waals surface area contributed by atoms with Crippen molar-refractivity contribution in [3.8, 4) is 0 Å². The minimum Gasteiger partial charge on any atom is -0.397 e. The van der Waals surface area contributed by atoms with Gasteiger partial charge in [-0.25, -0.2) is 13.6 Å². The molecule has 0 radical (unpaired) electrons. The van der Waals surface area contributed by atoms with Gasteiger partial charge in [0.1, 0.15) is 4.88 Å². The first-order valence-corrected chi connectivity index (χ1v) is 8.96. The molecular formula is C12H14ClN3O3S2. The molecule has 0 saturated carbocycles. The van der Waals surface area contributed by atoms with E-state index < -0.39 is 10.0 Å². The van der Waals surface area contributed by atoms with Crippen molar-refractivity contribution in [2.24, 2.45) is 5.14 Å². The zero-order valence-corrected chi connectivity index (χ0v) is 13.3. The molecule has 0 unspecified atom stereocenters. The number of amides is 1. The van der Waals surface area contributed by atoms with Crippen LogP contribution in [0.15, 0.2) is 18.2 Å². The molecule has 0 saturated heterocycles. The first-order chi connectivity index (χ1) is 9.79. The summed E-state index contributed by atoms with van der Waals surface area (Å²) < 4.78 is 22.4. The Balaban J connectivity index is 2.10. The molecule has 0 bridgehead atoms. The predicted molar refractivity (Wildman–Crippen MR) is 86.2 cm³/mol. The summed E-state index contributed by atoms with van der Waals surface area (Å²) in [6.45, 7) is 0.205. The summed E-state index contributed by atoms with van der Waals surface area (Å²) in [5.41, 5.74) is 6.30. The van der Waals surface area contributed by atoms with Crippen molar-refractivity contribution in [3.63, 3.8) is 0 Å². The van der Waals surface area contributed by atoms with E-state index in [0.717, 1.165) is 4.70 Å². The zero-order chi connectivity index (χ0) is 15.6.